The van der Waals surface area contributed by atoms with Gasteiger partial charge in [0, 0.05) is 19.1 Å². The first-order valence-corrected chi connectivity index (χ1v) is 6.89. The number of carbonyl (C=O) groups excluding carboxylic acids is 1. The highest BCUT2D eigenvalue weighted by molar-refractivity contribution is 5.78. The Kier molecular flexibility index (Phi) is 4.95. The molecule has 1 N–H and O–H groups in total. The number of hydrogen-bond acceptors (Lipinski definition) is 5. The van der Waals surface area contributed by atoms with Crippen LogP contribution in [0.2, 0.25) is 0 Å². The molecule has 2 heterocycles. The van der Waals surface area contributed by atoms with Gasteiger partial charge in [-0.15, -0.1) is 0 Å². The predicted octanol–water partition coefficient (Wildman–Crippen LogP) is -0.735. The first-order valence-electron chi connectivity index (χ1n) is 6.89. The molecule has 2 aliphatic rings. The van der Waals surface area contributed by atoms with E-state index in [1.54, 1.807) is 16.8 Å². The number of carbonyl (C=O) groups is 2. The zero-order chi connectivity index (χ0) is 14.7. The quantitative estimate of drug-likeness (QED) is 0.733. The summed E-state index contributed by atoms with van der Waals surface area (Å²) in [6.45, 7) is 4.48. The number of hydrogen-bond donors (Lipinski definition) is 1. The van der Waals surface area contributed by atoms with Gasteiger partial charge in [0.15, 0.2) is 0 Å². The Balaban J connectivity index is 1.88. The maximum atomic E-state index is 12.2. The smallest absolute Gasteiger partial charge is 0.310 e. The van der Waals surface area contributed by atoms with E-state index in [4.69, 9.17) is 14.6 Å². The van der Waals surface area contributed by atoms with Crippen molar-refractivity contribution in [3.63, 3.8) is 0 Å². The average Bonchev–Trinajstić information content (AvgIpc) is 2.88. The molecule has 0 spiro atoms. The van der Waals surface area contributed by atoms with E-state index in [-0.39, 0.29) is 31.2 Å². The zero-order valence-corrected chi connectivity index (χ0v) is 11.9. The Morgan fingerprint density at radius 1 is 1.40 bits per heavy atom. The zero-order valence-electron chi connectivity index (χ0n) is 11.9. The van der Waals surface area contributed by atoms with Crippen LogP contribution in [0.1, 0.15) is 6.92 Å². The molecule has 2 rings (SSSR count). The first kappa shape index (κ1) is 15.2. The van der Waals surface area contributed by atoms with Crippen molar-refractivity contribution in [2.24, 2.45) is 5.92 Å². The van der Waals surface area contributed by atoms with Crippen LogP contribution in [-0.2, 0) is 19.1 Å². The highest BCUT2D eigenvalue weighted by Crippen LogP contribution is 2.19. The Morgan fingerprint density at radius 2 is 2.15 bits per heavy atom. The lowest BCUT2D eigenvalue weighted by molar-refractivity contribution is -0.145. The van der Waals surface area contributed by atoms with Crippen LogP contribution < -0.4 is 0 Å². The predicted molar refractivity (Wildman–Crippen MR) is 70.4 cm³/mol. The van der Waals surface area contributed by atoms with Crippen LogP contribution in [0.5, 0.6) is 0 Å². The molecule has 0 aromatic carbocycles. The molecule has 2 fully saturated rings. The number of amides is 1. The van der Waals surface area contributed by atoms with Crippen LogP contribution in [-0.4, -0.2) is 85.4 Å². The van der Waals surface area contributed by atoms with E-state index >= 15 is 0 Å². The van der Waals surface area contributed by atoms with Crippen LogP contribution in [0, 0.1) is 5.92 Å². The van der Waals surface area contributed by atoms with Crippen LogP contribution in [0.3, 0.4) is 0 Å². The van der Waals surface area contributed by atoms with E-state index in [0.29, 0.717) is 26.3 Å². The van der Waals surface area contributed by atoms with Gasteiger partial charge in [-0.2, -0.15) is 0 Å². The van der Waals surface area contributed by atoms with Gasteiger partial charge in [-0.1, -0.05) is 0 Å². The van der Waals surface area contributed by atoms with Gasteiger partial charge in [0.1, 0.15) is 0 Å². The van der Waals surface area contributed by atoms with E-state index in [1.807, 2.05) is 6.92 Å². The lowest BCUT2D eigenvalue weighted by atomic mass is 10.0. The number of nitrogens with zero attached hydrogens (tertiary/aromatic N) is 2. The molecule has 20 heavy (non-hydrogen) atoms. The summed E-state index contributed by atoms with van der Waals surface area (Å²) in [5.41, 5.74) is 0. The van der Waals surface area contributed by atoms with Crippen molar-refractivity contribution in [2.75, 3.05) is 46.5 Å². The van der Waals surface area contributed by atoms with Crippen molar-refractivity contribution < 1.29 is 24.2 Å². The minimum absolute atomic E-state index is 0.0127. The lowest BCUT2D eigenvalue weighted by Crippen LogP contribution is -2.50. The molecule has 3 unspecified atom stereocenters. The first-order chi connectivity index (χ1) is 9.49. The second kappa shape index (κ2) is 6.51. The largest absolute Gasteiger partial charge is 0.481 e. The molecule has 2 saturated heterocycles. The molecular formula is C13H22N2O5. The summed E-state index contributed by atoms with van der Waals surface area (Å²) in [5, 5.41) is 9.13. The van der Waals surface area contributed by atoms with Crippen LogP contribution >= 0.6 is 0 Å². The molecule has 0 saturated carbocycles. The van der Waals surface area contributed by atoms with Gasteiger partial charge in [-0.3, -0.25) is 14.5 Å². The second-order valence-electron chi connectivity index (χ2n) is 5.49. The molecule has 3 atom stereocenters. The summed E-state index contributed by atoms with van der Waals surface area (Å²) < 4.78 is 10.6. The number of rotatable bonds is 4. The molecule has 0 bridgehead atoms. The Bertz CT molecular complexity index is 376. The lowest BCUT2D eigenvalue weighted by Gasteiger charge is -2.33. The molecule has 7 nitrogen and oxygen atoms in total. The van der Waals surface area contributed by atoms with Crippen molar-refractivity contribution in [3.8, 4) is 0 Å². The van der Waals surface area contributed by atoms with Crippen molar-refractivity contribution in [3.05, 3.63) is 0 Å². The second-order valence-corrected chi connectivity index (χ2v) is 5.49. The highest BCUT2D eigenvalue weighted by atomic mass is 16.5. The van der Waals surface area contributed by atoms with E-state index < -0.39 is 11.9 Å². The fourth-order valence-corrected chi connectivity index (χ4v) is 2.69. The third kappa shape index (κ3) is 3.47. The van der Waals surface area contributed by atoms with E-state index in [1.165, 1.54) is 0 Å². The Morgan fingerprint density at radius 3 is 2.80 bits per heavy atom. The van der Waals surface area contributed by atoms with Gasteiger partial charge < -0.3 is 19.5 Å². The summed E-state index contributed by atoms with van der Waals surface area (Å²) in [7, 11) is 1.77. The number of likely N-dealkylation sites (N-methyl/N-ethyl adjacent to an activating group) is 1. The number of morpholine rings is 1. The van der Waals surface area contributed by atoms with Gasteiger partial charge in [0.2, 0.25) is 5.91 Å². The molecule has 1 amide bonds. The summed E-state index contributed by atoms with van der Waals surface area (Å²) in [5.74, 6) is -1.41. The van der Waals surface area contributed by atoms with E-state index in [0.717, 1.165) is 0 Å². The summed E-state index contributed by atoms with van der Waals surface area (Å²) in [4.78, 5) is 26.9. The maximum Gasteiger partial charge on any atom is 0.310 e. The standard InChI is InChI=1S/C13H22N2O5/c1-9-5-15(3-4-20-9)12(16)6-14(2)11-8-19-7-10(11)13(17)18/h9-11H,3-8H2,1-2H3,(H,17,18). The van der Waals surface area contributed by atoms with Crippen LogP contribution in [0.25, 0.3) is 0 Å². The monoisotopic (exact) mass is 286 g/mol. The fourth-order valence-electron chi connectivity index (χ4n) is 2.69. The van der Waals surface area contributed by atoms with Gasteiger partial charge in [-0.05, 0) is 14.0 Å². The van der Waals surface area contributed by atoms with Crippen LogP contribution in [0.15, 0.2) is 0 Å². The van der Waals surface area contributed by atoms with Crippen molar-refractivity contribution in [2.45, 2.75) is 19.1 Å². The topological polar surface area (TPSA) is 79.3 Å². The minimum atomic E-state index is -0.869. The summed E-state index contributed by atoms with van der Waals surface area (Å²) in [6.07, 6.45) is 0.0552. The number of ether oxygens (including phenoxy) is 2. The normalized spacial score (nSPS) is 30.8. The molecule has 0 radical (unpaired) electrons. The molecule has 114 valence electrons. The molecule has 0 aromatic heterocycles. The van der Waals surface area contributed by atoms with Gasteiger partial charge >= 0.3 is 5.97 Å². The molecule has 0 aliphatic carbocycles. The summed E-state index contributed by atoms with van der Waals surface area (Å²) in [6, 6.07) is -0.241. The molecule has 0 aromatic rings. The Hall–Kier alpha value is -1.18. The minimum Gasteiger partial charge on any atom is -0.481 e. The molecular weight excluding hydrogens is 264 g/mol. The van der Waals surface area contributed by atoms with E-state index in [2.05, 4.69) is 0 Å². The Labute approximate surface area is 118 Å². The summed E-state index contributed by atoms with van der Waals surface area (Å²) >= 11 is 0. The average molecular weight is 286 g/mol. The van der Waals surface area contributed by atoms with Gasteiger partial charge in [0.05, 0.1) is 38.4 Å². The van der Waals surface area contributed by atoms with Crippen molar-refractivity contribution in [1.29, 1.82) is 0 Å². The number of aliphatic carboxylic acids is 1. The van der Waals surface area contributed by atoms with E-state index in [9.17, 15) is 9.59 Å². The highest BCUT2D eigenvalue weighted by Gasteiger charge is 2.37. The van der Waals surface area contributed by atoms with Crippen LogP contribution in [0.4, 0.5) is 0 Å². The number of carboxylic acid groups (broad SMARTS) is 1. The van der Waals surface area contributed by atoms with Gasteiger partial charge in [-0.25, -0.2) is 0 Å². The maximum absolute atomic E-state index is 12.2. The fraction of sp³-hybridized carbons (Fsp3) is 0.846. The molecule has 2 aliphatic heterocycles. The molecule has 7 heteroatoms. The van der Waals surface area contributed by atoms with Gasteiger partial charge in [0.25, 0.3) is 0 Å². The van der Waals surface area contributed by atoms with Crippen molar-refractivity contribution in [1.82, 2.24) is 9.80 Å². The third-order valence-corrected chi connectivity index (χ3v) is 3.91. The number of carboxylic acids is 1. The van der Waals surface area contributed by atoms with Crippen molar-refractivity contribution >= 4 is 11.9 Å². The third-order valence-electron chi connectivity index (χ3n) is 3.91. The SMILES string of the molecule is CC1CN(C(=O)CN(C)C2COCC2C(=O)O)CCO1.